The molecule has 0 aliphatic carbocycles. The zero-order valence-corrected chi connectivity index (χ0v) is 12.3. The van der Waals surface area contributed by atoms with Gasteiger partial charge >= 0.3 is 0 Å². The van der Waals surface area contributed by atoms with Crippen LogP contribution < -0.4 is 0 Å². The highest BCUT2D eigenvalue weighted by molar-refractivity contribution is 5.21. The summed E-state index contributed by atoms with van der Waals surface area (Å²) in [5, 5.41) is 13.9. The van der Waals surface area contributed by atoms with Gasteiger partial charge in [0, 0.05) is 19.7 Å². The van der Waals surface area contributed by atoms with Crippen LogP contribution in [0.3, 0.4) is 0 Å². The Hall–Kier alpha value is -1.83. The first-order valence-electron chi connectivity index (χ1n) is 7.13. The number of benzene rings is 1. The van der Waals surface area contributed by atoms with Crippen LogP contribution in [0, 0.1) is 5.82 Å². The molecule has 1 aromatic heterocycles. The number of rotatable bonds is 5. The molecule has 1 fully saturated rings. The molecule has 0 amide bonds. The summed E-state index contributed by atoms with van der Waals surface area (Å²) < 4.78 is 23.4. The lowest BCUT2D eigenvalue weighted by molar-refractivity contribution is 0.151. The molecule has 1 aromatic carbocycles. The molecule has 0 radical (unpaired) electrons. The van der Waals surface area contributed by atoms with Crippen LogP contribution in [0.15, 0.2) is 28.8 Å². The van der Waals surface area contributed by atoms with E-state index in [0.29, 0.717) is 31.2 Å². The monoisotopic (exact) mass is 307 g/mol. The standard InChI is InChI=1S/C15H18FN3O3/c1-21-9-15-17-14(18-22-15)8-19-7-12(20)6-13(19)10-3-2-4-11(16)5-10/h2-5,12-13,20H,6-9H2,1H3. The molecule has 6 nitrogen and oxygen atoms in total. The molecule has 2 aromatic rings. The molecule has 0 bridgehead atoms. The quantitative estimate of drug-likeness (QED) is 0.906. The van der Waals surface area contributed by atoms with Gasteiger partial charge in [0.25, 0.3) is 5.89 Å². The van der Waals surface area contributed by atoms with Gasteiger partial charge in [-0.3, -0.25) is 4.90 Å². The van der Waals surface area contributed by atoms with Gasteiger partial charge in [-0.25, -0.2) is 4.39 Å². The Morgan fingerprint density at radius 1 is 1.50 bits per heavy atom. The lowest BCUT2D eigenvalue weighted by atomic mass is 10.0. The molecule has 1 saturated heterocycles. The minimum absolute atomic E-state index is 0.0601. The third-order valence-corrected chi connectivity index (χ3v) is 3.74. The maximum Gasteiger partial charge on any atom is 0.252 e. The van der Waals surface area contributed by atoms with Crippen molar-refractivity contribution in [2.75, 3.05) is 13.7 Å². The summed E-state index contributed by atoms with van der Waals surface area (Å²) in [6, 6.07) is 6.40. The summed E-state index contributed by atoms with van der Waals surface area (Å²) >= 11 is 0. The fraction of sp³-hybridized carbons (Fsp3) is 0.467. The molecule has 118 valence electrons. The van der Waals surface area contributed by atoms with Crippen molar-refractivity contribution in [3.05, 3.63) is 47.4 Å². The van der Waals surface area contributed by atoms with Gasteiger partial charge < -0.3 is 14.4 Å². The molecule has 3 rings (SSSR count). The minimum atomic E-state index is -0.446. The second-order valence-electron chi connectivity index (χ2n) is 5.43. The van der Waals surface area contributed by atoms with Crippen molar-refractivity contribution in [1.82, 2.24) is 15.0 Å². The van der Waals surface area contributed by atoms with Crippen LogP contribution in [-0.2, 0) is 17.9 Å². The van der Waals surface area contributed by atoms with Crippen LogP contribution in [0.5, 0.6) is 0 Å². The van der Waals surface area contributed by atoms with Crippen molar-refractivity contribution in [1.29, 1.82) is 0 Å². The number of hydrogen-bond acceptors (Lipinski definition) is 6. The largest absolute Gasteiger partial charge is 0.392 e. The predicted molar refractivity (Wildman–Crippen MR) is 75.2 cm³/mol. The smallest absolute Gasteiger partial charge is 0.252 e. The van der Waals surface area contributed by atoms with Gasteiger partial charge in [0.1, 0.15) is 12.4 Å². The van der Waals surface area contributed by atoms with Crippen molar-refractivity contribution in [2.24, 2.45) is 0 Å². The number of nitrogens with zero attached hydrogens (tertiary/aromatic N) is 3. The maximum absolute atomic E-state index is 13.4. The van der Waals surface area contributed by atoms with Crippen LogP contribution in [-0.4, -0.2) is 39.9 Å². The van der Waals surface area contributed by atoms with Crippen LogP contribution in [0.2, 0.25) is 0 Å². The Kier molecular flexibility index (Phi) is 4.47. The summed E-state index contributed by atoms with van der Waals surface area (Å²) in [6.07, 6.45) is 0.116. The lowest BCUT2D eigenvalue weighted by Crippen LogP contribution is -2.25. The van der Waals surface area contributed by atoms with Gasteiger partial charge in [-0.05, 0) is 24.1 Å². The number of aliphatic hydroxyl groups excluding tert-OH is 1. The van der Waals surface area contributed by atoms with E-state index < -0.39 is 6.10 Å². The zero-order chi connectivity index (χ0) is 15.5. The molecular weight excluding hydrogens is 289 g/mol. The molecule has 2 heterocycles. The second-order valence-corrected chi connectivity index (χ2v) is 5.43. The third-order valence-electron chi connectivity index (χ3n) is 3.74. The SMILES string of the molecule is COCc1nc(CN2CC(O)CC2c2cccc(F)c2)no1. The zero-order valence-electron chi connectivity index (χ0n) is 12.3. The Labute approximate surface area is 127 Å². The van der Waals surface area contributed by atoms with Crippen LogP contribution in [0.4, 0.5) is 4.39 Å². The summed E-state index contributed by atoms with van der Waals surface area (Å²) in [5.41, 5.74) is 0.845. The molecule has 1 aliphatic heterocycles. The number of aromatic nitrogens is 2. The van der Waals surface area contributed by atoms with Crippen molar-refractivity contribution >= 4 is 0 Å². The Balaban J connectivity index is 1.75. The second kappa shape index (κ2) is 6.51. The Morgan fingerprint density at radius 2 is 2.36 bits per heavy atom. The molecule has 2 atom stereocenters. The number of methoxy groups -OCH3 is 1. The highest BCUT2D eigenvalue weighted by Gasteiger charge is 2.33. The van der Waals surface area contributed by atoms with Gasteiger partial charge in [-0.2, -0.15) is 4.98 Å². The van der Waals surface area contributed by atoms with E-state index in [9.17, 15) is 9.50 Å². The Morgan fingerprint density at radius 3 is 3.14 bits per heavy atom. The average Bonchev–Trinajstić information content (AvgIpc) is 3.06. The minimum Gasteiger partial charge on any atom is -0.392 e. The van der Waals surface area contributed by atoms with Gasteiger partial charge in [0.05, 0.1) is 12.6 Å². The molecule has 7 heteroatoms. The highest BCUT2D eigenvalue weighted by Crippen LogP contribution is 2.33. The highest BCUT2D eigenvalue weighted by atomic mass is 19.1. The van der Waals surface area contributed by atoms with E-state index in [0.717, 1.165) is 5.56 Å². The first-order valence-corrected chi connectivity index (χ1v) is 7.13. The van der Waals surface area contributed by atoms with Gasteiger partial charge in [-0.1, -0.05) is 17.3 Å². The lowest BCUT2D eigenvalue weighted by Gasteiger charge is -2.22. The fourth-order valence-corrected chi connectivity index (χ4v) is 2.83. The number of likely N-dealkylation sites (tertiary alicyclic amines) is 1. The van der Waals surface area contributed by atoms with E-state index in [1.165, 1.54) is 12.1 Å². The molecule has 1 aliphatic rings. The van der Waals surface area contributed by atoms with Gasteiger partial charge in [-0.15, -0.1) is 0 Å². The first-order chi connectivity index (χ1) is 10.7. The van der Waals surface area contributed by atoms with Crippen LogP contribution in [0.1, 0.15) is 29.7 Å². The van der Waals surface area contributed by atoms with Crippen molar-refractivity contribution in [3.8, 4) is 0 Å². The van der Waals surface area contributed by atoms with Gasteiger partial charge in [0.15, 0.2) is 5.82 Å². The van der Waals surface area contributed by atoms with Crippen molar-refractivity contribution in [3.63, 3.8) is 0 Å². The van der Waals surface area contributed by atoms with E-state index in [4.69, 9.17) is 9.26 Å². The fourth-order valence-electron chi connectivity index (χ4n) is 2.83. The summed E-state index contributed by atoms with van der Waals surface area (Å²) in [5.74, 6) is 0.669. The number of hydrogen-bond donors (Lipinski definition) is 1. The molecule has 0 saturated carbocycles. The average molecular weight is 307 g/mol. The van der Waals surface area contributed by atoms with E-state index in [2.05, 4.69) is 10.1 Å². The summed E-state index contributed by atoms with van der Waals surface area (Å²) in [6.45, 7) is 1.20. The van der Waals surface area contributed by atoms with Crippen molar-refractivity contribution < 1.29 is 18.8 Å². The number of ether oxygens (including phenoxy) is 1. The van der Waals surface area contributed by atoms with E-state index in [1.807, 2.05) is 11.0 Å². The number of aliphatic hydroxyl groups is 1. The Bertz CT molecular complexity index is 634. The molecule has 1 N–H and O–H groups in total. The summed E-state index contributed by atoms with van der Waals surface area (Å²) in [7, 11) is 1.56. The molecule has 0 spiro atoms. The van der Waals surface area contributed by atoms with Crippen molar-refractivity contribution in [2.45, 2.75) is 31.7 Å². The topological polar surface area (TPSA) is 71.6 Å². The van der Waals surface area contributed by atoms with Gasteiger partial charge in [0.2, 0.25) is 0 Å². The third kappa shape index (κ3) is 3.32. The molecule has 22 heavy (non-hydrogen) atoms. The van der Waals surface area contributed by atoms with E-state index in [-0.39, 0.29) is 18.5 Å². The van der Waals surface area contributed by atoms with E-state index >= 15 is 0 Å². The number of β-amino-alcohol motifs (C(OH)–C–C–N with tert-alkyl or cyclic N) is 1. The predicted octanol–water partition coefficient (Wildman–Crippen LogP) is 1.66. The molecule has 2 unspecified atom stereocenters. The number of halogens is 1. The van der Waals surface area contributed by atoms with E-state index in [1.54, 1.807) is 13.2 Å². The maximum atomic E-state index is 13.4. The normalized spacial score (nSPS) is 22.3. The first kappa shape index (κ1) is 15.1. The summed E-state index contributed by atoms with van der Waals surface area (Å²) in [4.78, 5) is 6.26. The van der Waals surface area contributed by atoms with Crippen LogP contribution >= 0.6 is 0 Å². The van der Waals surface area contributed by atoms with Crippen LogP contribution in [0.25, 0.3) is 0 Å². The molecular formula is C15H18FN3O3.